The van der Waals surface area contributed by atoms with Gasteiger partial charge in [0.2, 0.25) is 15.9 Å². The van der Waals surface area contributed by atoms with Crippen LogP contribution in [0.4, 0.5) is 0 Å². The van der Waals surface area contributed by atoms with Crippen LogP contribution in [0, 0.1) is 6.92 Å². The van der Waals surface area contributed by atoms with Gasteiger partial charge in [0, 0.05) is 25.1 Å². The number of benzene rings is 2. The first kappa shape index (κ1) is 28.6. The third kappa shape index (κ3) is 7.54. The van der Waals surface area contributed by atoms with Crippen molar-refractivity contribution in [3.8, 4) is 11.5 Å². The van der Waals surface area contributed by atoms with Crippen LogP contribution in [0.25, 0.3) is 0 Å². The lowest BCUT2D eigenvalue weighted by molar-refractivity contribution is -0.132. The fourth-order valence-electron chi connectivity index (χ4n) is 3.80. The third-order valence-electron chi connectivity index (χ3n) is 6.01. The van der Waals surface area contributed by atoms with Crippen LogP contribution >= 0.6 is 11.3 Å². The molecule has 0 radical (unpaired) electrons. The van der Waals surface area contributed by atoms with E-state index >= 15 is 0 Å². The highest BCUT2D eigenvalue weighted by Gasteiger charge is 2.28. The Labute approximate surface area is 223 Å². The van der Waals surface area contributed by atoms with Gasteiger partial charge in [0.15, 0.2) is 11.5 Å². The second-order valence-electron chi connectivity index (χ2n) is 8.43. The highest BCUT2D eigenvalue weighted by molar-refractivity contribution is 7.89. The van der Waals surface area contributed by atoms with Gasteiger partial charge in [-0.2, -0.15) is 4.31 Å². The predicted molar refractivity (Wildman–Crippen MR) is 145 cm³/mol. The maximum absolute atomic E-state index is 13.6. The third-order valence-corrected chi connectivity index (χ3v) is 8.88. The van der Waals surface area contributed by atoms with Crippen LogP contribution in [0.5, 0.6) is 11.5 Å². The SMILES string of the molecule is COCCN(CC(=O)N(CCc1ccc(OC)c(OC)c1)Cc1sccc1C)S(=O)(=O)c1ccccc1. The number of methoxy groups -OCH3 is 3. The standard InChI is InChI=1S/C27H34N2O6S2/c1-21-13-17-36-26(21)19-28(14-12-22-10-11-24(34-3)25(18-22)35-4)27(30)20-29(15-16-33-2)37(31,32)23-8-6-5-7-9-23/h5-11,13,17-18H,12,14-16,19-20H2,1-4H3. The highest BCUT2D eigenvalue weighted by Crippen LogP contribution is 2.28. The van der Waals surface area contributed by atoms with Crippen molar-refractivity contribution in [2.45, 2.75) is 24.8 Å². The van der Waals surface area contributed by atoms with E-state index in [0.717, 1.165) is 16.0 Å². The van der Waals surface area contributed by atoms with Crippen molar-refractivity contribution in [2.75, 3.05) is 47.6 Å². The molecule has 0 unspecified atom stereocenters. The Hall–Kier alpha value is -2.92. The van der Waals surface area contributed by atoms with E-state index < -0.39 is 10.0 Å². The molecule has 0 bridgehead atoms. The maximum Gasteiger partial charge on any atom is 0.243 e. The van der Waals surface area contributed by atoms with Gasteiger partial charge in [-0.15, -0.1) is 11.3 Å². The number of hydrogen-bond acceptors (Lipinski definition) is 7. The summed E-state index contributed by atoms with van der Waals surface area (Å²) < 4.78 is 43.8. The van der Waals surface area contributed by atoms with Gasteiger partial charge >= 0.3 is 0 Å². The number of hydrogen-bond donors (Lipinski definition) is 0. The Kier molecular flexibility index (Phi) is 10.5. The molecule has 0 fully saturated rings. The summed E-state index contributed by atoms with van der Waals surface area (Å²) >= 11 is 1.58. The van der Waals surface area contributed by atoms with Crippen LogP contribution in [-0.2, 0) is 32.5 Å². The second kappa shape index (κ2) is 13.6. The molecule has 8 nitrogen and oxygen atoms in total. The zero-order valence-corrected chi connectivity index (χ0v) is 23.3. The molecule has 0 N–H and O–H groups in total. The predicted octanol–water partition coefficient (Wildman–Crippen LogP) is 3.98. The zero-order chi connectivity index (χ0) is 26.8. The van der Waals surface area contributed by atoms with Crippen LogP contribution in [0.2, 0.25) is 0 Å². The topological polar surface area (TPSA) is 85.4 Å². The lowest BCUT2D eigenvalue weighted by Gasteiger charge is -2.27. The summed E-state index contributed by atoms with van der Waals surface area (Å²) in [6.45, 7) is 2.79. The molecule has 0 saturated carbocycles. The summed E-state index contributed by atoms with van der Waals surface area (Å²) in [5.41, 5.74) is 2.08. The van der Waals surface area contributed by atoms with E-state index in [1.165, 1.54) is 23.5 Å². The van der Waals surface area contributed by atoms with Crippen molar-refractivity contribution in [3.63, 3.8) is 0 Å². The van der Waals surface area contributed by atoms with Crippen molar-refractivity contribution in [2.24, 2.45) is 0 Å². The van der Waals surface area contributed by atoms with E-state index in [1.807, 2.05) is 36.6 Å². The van der Waals surface area contributed by atoms with Gasteiger partial charge in [0.25, 0.3) is 0 Å². The molecule has 0 saturated heterocycles. The van der Waals surface area contributed by atoms with Crippen LogP contribution in [-0.4, -0.2) is 71.1 Å². The van der Waals surface area contributed by atoms with Crippen LogP contribution in [0.1, 0.15) is 16.0 Å². The molecular formula is C27H34N2O6S2. The van der Waals surface area contributed by atoms with Gasteiger partial charge in [-0.3, -0.25) is 4.79 Å². The number of amides is 1. The quantitative estimate of drug-likeness (QED) is 0.304. The summed E-state index contributed by atoms with van der Waals surface area (Å²) in [6.07, 6.45) is 0.569. The van der Waals surface area contributed by atoms with E-state index in [2.05, 4.69) is 0 Å². The molecule has 37 heavy (non-hydrogen) atoms. The average molecular weight is 547 g/mol. The molecule has 3 rings (SSSR count). The normalized spacial score (nSPS) is 11.5. The number of sulfonamides is 1. The number of carbonyl (C=O) groups excluding carboxylic acids is 1. The summed E-state index contributed by atoms with van der Waals surface area (Å²) in [5, 5.41) is 1.99. The molecule has 0 aliphatic rings. The number of thiophene rings is 1. The van der Waals surface area contributed by atoms with Crippen LogP contribution in [0.3, 0.4) is 0 Å². The Balaban J connectivity index is 1.84. The molecule has 0 aliphatic carbocycles. The van der Waals surface area contributed by atoms with Crippen molar-refractivity contribution in [1.29, 1.82) is 0 Å². The summed E-state index contributed by atoms with van der Waals surface area (Å²) in [5.74, 6) is 0.976. The van der Waals surface area contributed by atoms with Crippen LogP contribution in [0.15, 0.2) is 64.9 Å². The maximum atomic E-state index is 13.6. The van der Waals surface area contributed by atoms with Gasteiger partial charge in [-0.05, 0) is 60.2 Å². The molecule has 1 heterocycles. The van der Waals surface area contributed by atoms with Crippen molar-refractivity contribution in [1.82, 2.24) is 9.21 Å². The van der Waals surface area contributed by atoms with E-state index in [1.54, 1.807) is 48.7 Å². The zero-order valence-electron chi connectivity index (χ0n) is 21.7. The molecular weight excluding hydrogens is 512 g/mol. The van der Waals surface area contributed by atoms with Gasteiger partial charge < -0.3 is 19.1 Å². The van der Waals surface area contributed by atoms with Gasteiger partial charge in [-0.25, -0.2) is 8.42 Å². The van der Waals surface area contributed by atoms with E-state index in [0.29, 0.717) is 31.0 Å². The van der Waals surface area contributed by atoms with Gasteiger partial charge in [0.1, 0.15) is 0 Å². The molecule has 0 atom stereocenters. The molecule has 2 aromatic carbocycles. The van der Waals surface area contributed by atoms with Crippen molar-refractivity contribution >= 4 is 27.3 Å². The summed E-state index contributed by atoms with van der Waals surface area (Å²) in [6, 6.07) is 15.8. The lowest BCUT2D eigenvalue weighted by atomic mass is 10.1. The minimum absolute atomic E-state index is 0.0705. The average Bonchev–Trinajstić information content (AvgIpc) is 3.32. The summed E-state index contributed by atoms with van der Waals surface area (Å²) in [7, 11) is 0.792. The van der Waals surface area contributed by atoms with Gasteiger partial charge in [0.05, 0.1) is 38.8 Å². The number of nitrogens with zero attached hydrogens (tertiary/aromatic N) is 2. The number of ether oxygens (including phenoxy) is 3. The first-order chi connectivity index (χ1) is 17.8. The molecule has 0 aliphatic heterocycles. The fourth-order valence-corrected chi connectivity index (χ4v) is 6.12. The monoisotopic (exact) mass is 546 g/mol. The second-order valence-corrected chi connectivity index (χ2v) is 11.4. The molecule has 1 amide bonds. The smallest absolute Gasteiger partial charge is 0.243 e. The van der Waals surface area contributed by atoms with E-state index in [4.69, 9.17) is 14.2 Å². The minimum atomic E-state index is -3.88. The Morgan fingerprint density at radius 3 is 2.30 bits per heavy atom. The van der Waals surface area contributed by atoms with E-state index in [-0.39, 0.29) is 30.5 Å². The highest BCUT2D eigenvalue weighted by atomic mass is 32.2. The molecule has 200 valence electrons. The number of aryl methyl sites for hydroxylation is 1. The molecule has 1 aromatic heterocycles. The molecule has 3 aromatic rings. The number of rotatable bonds is 14. The van der Waals surface area contributed by atoms with Gasteiger partial charge in [-0.1, -0.05) is 24.3 Å². The Bertz CT molecular complexity index is 1260. The van der Waals surface area contributed by atoms with Crippen molar-refractivity contribution in [3.05, 3.63) is 76.0 Å². The minimum Gasteiger partial charge on any atom is -0.493 e. The lowest BCUT2D eigenvalue weighted by Crippen LogP contribution is -2.44. The molecule has 10 heteroatoms. The van der Waals surface area contributed by atoms with E-state index in [9.17, 15) is 13.2 Å². The Morgan fingerprint density at radius 1 is 0.946 bits per heavy atom. The largest absolute Gasteiger partial charge is 0.493 e. The number of carbonyl (C=O) groups is 1. The Morgan fingerprint density at radius 2 is 1.68 bits per heavy atom. The molecule has 0 spiro atoms. The van der Waals surface area contributed by atoms with Crippen LogP contribution < -0.4 is 9.47 Å². The summed E-state index contributed by atoms with van der Waals surface area (Å²) in [4.78, 5) is 16.5. The fraction of sp³-hybridized carbons (Fsp3) is 0.370. The van der Waals surface area contributed by atoms with Crippen molar-refractivity contribution < 1.29 is 27.4 Å². The first-order valence-corrected chi connectivity index (χ1v) is 14.2. The first-order valence-electron chi connectivity index (χ1n) is 11.9.